The van der Waals surface area contributed by atoms with Crippen LogP contribution in [0.5, 0.6) is 0 Å². The largest absolute Gasteiger partial charge is 0.214 e. The third-order valence-corrected chi connectivity index (χ3v) is 1.09. The highest BCUT2D eigenvalue weighted by Gasteiger charge is 1.89. The molecular formula is C8H16N+. The number of hydrogen-bond donors (Lipinski definition) is 0. The van der Waals surface area contributed by atoms with Crippen LogP contribution in [-0.4, -0.2) is 18.3 Å². The fraction of sp³-hybridized carbons (Fsp3) is 0.625. The van der Waals surface area contributed by atoms with Gasteiger partial charge in [-0.25, -0.2) is 4.58 Å². The molecular weight excluding hydrogens is 110 g/mol. The number of rotatable bonds is 3. The van der Waals surface area contributed by atoms with Gasteiger partial charge in [0, 0.05) is 0 Å². The zero-order valence-corrected chi connectivity index (χ0v) is 6.65. The van der Waals surface area contributed by atoms with Crippen molar-refractivity contribution in [2.24, 2.45) is 0 Å². The van der Waals surface area contributed by atoms with E-state index in [1.807, 2.05) is 11.6 Å². The first-order valence-electron chi connectivity index (χ1n) is 3.37. The van der Waals surface area contributed by atoms with Gasteiger partial charge in [-0.2, -0.15) is 0 Å². The van der Waals surface area contributed by atoms with Crippen LogP contribution in [0.3, 0.4) is 0 Å². The van der Waals surface area contributed by atoms with Gasteiger partial charge in [0.1, 0.15) is 13.8 Å². The minimum atomic E-state index is 1.18. The highest BCUT2D eigenvalue weighted by Crippen LogP contribution is 2.01. The maximum Gasteiger partial charge on any atom is 0.166 e. The lowest BCUT2D eigenvalue weighted by Gasteiger charge is -1.91. The monoisotopic (exact) mass is 126 g/mol. The van der Waals surface area contributed by atoms with Crippen LogP contribution in [0.1, 0.15) is 26.7 Å². The normalized spacial score (nSPS) is 11.7. The van der Waals surface area contributed by atoms with Crippen LogP contribution in [0.25, 0.3) is 0 Å². The first-order valence-corrected chi connectivity index (χ1v) is 3.37. The standard InChI is InChI=1S/C8H16N/c1-5-6-8(2)7-9(3)4/h7H,3,5-6H2,1-2,4H3/q+1. The van der Waals surface area contributed by atoms with Crippen molar-refractivity contribution in [2.75, 3.05) is 7.05 Å². The van der Waals surface area contributed by atoms with E-state index in [2.05, 4.69) is 26.8 Å². The second kappa shape index (κ2) is 4.30. The summed E-state index contributed by atoms with van der Waals surface area (Å²) in [6.45, 7) is 8.03. The molecule has 0 unspecified atom stereocenters. The SMILES string of the molecule is C=[N+](C)C=C(C)CCC. The lowest BCUT2D eigenvalue weighted by molar-refractivity contribution is -0.413. The van der Waals surface area contributed by atoms with Gasteiger partial charge < -0.3 is 0 Å². The molecule has 1 nitrogen and oxygen atoms in total. The van der Waals surface area contributed by atoms with Gasteiger partial charge in [-0.05, 0) is 18.9 Å². The molecule has 0 radical (unpaired) electrons. The number of allylic oxidation sites excluding steroid dienone is 1. The lowest BCUT2D eigenvalue weighted by Crippen LogP contribution is -1.91. The van der Waals surface area contributed by atoms with Crippen molar-refractivity contribution in [3.8, 4) is 0 Å². The number of hydrogen-bond acceptors (Lipinski definition) is 0. The van der Waals surface area contributed by atoms with Crippen LogP contribution in [0.4, 0.5) is 0 Å². The van der Waals surface area contributed by atoms with Gasteiger partial charge >= 0.3 is 0 Å². The van der Waals surface area contributed by atoms with Crippen LogP contribution in [0, 0.1) is 0 Å². The smallest absolute Gasteiger partial charge is 0.166 e. The van der Waals surface area contributed by atoms with E-state index in [0.29, 0.717) is 0 Å². The van der Waals surface area contributed by atoms with Gasteiger partial charge in [-0.1, -0.05) is 13.3 Å². The second-order valence-corrected chi connectivity index (χ2v) is 2.48. The molecule has 0 aromatic rings. The summed E-state index contributed by atoms with van der Waals surface area (Å²) in [5.41, 5.74) is 1.40. The Balaban J connectivity index is 3.69. The summed E-state index contributed by atoms with van der Waals surface area (Å²) < 4.78 is 1.84. The molecule has 0 saturated heterocycles. The zero-order chi connectivity index (χ0) is 7.28. The first-order chi connectivity index (χ1) is 4.16. The molecule has 0 aromatic heterocycles. The van der Waals surface area contributed by atoms with E-state index in [0.717, 1.165) is 0 Å². The molecule has 52 valence electrons. The Morgan fingerprint density at radius 3 is 2.56 bits per heavy atom. The van der Waals surface area contributed by atoms with E-state index in [1.54, 1.807) is 0 Å². The van der Waals surface area contributed by atoms with E-state index in [4.69, 9.17) is 0 Å². The Morgan fingerprint density at radius 2 is 2.22 bits per heavy atom. The average Bonchev–Trinajstić information content (AvgIpc) is 1.63. The van der Waals surface area contributed by atoms with Crippen LogP contribution < -0.4 is 0 Å². The summed E-state index contributed by atoms with van der Waals surface area (Å²) >= 11 is 0. The average molecular weight is 126 g/mol. The van der Waals surface area contributed by atoms with Crippen molar-refractivity contribution in [1.82, 2.24) is 0 Å². The summed E-state index contributed by atoms with van der Waals surface area (Å²) in [4.78, 5) is 0. The van der Waals surface area contributed by atoms with Crippen molar-refractivity contribution >= 4 is 6.72 Å². The minimum Gasteiger partial charge on any atom is -0.214 e. The Hall–Kier alpha value is -0.590. The zero-order valence-electron chi connectivity index (χ0n) is 6.65. The van der Waals surface area contributed by atoms with Crippen molar-refractivity contribution in [1.29, 1.82) is 0 Å². The molecule has 0 heterocycles. The van der Waals surface area contributed by atoms with Crippen LogP contribution >= 0.6 is 0 Å². The summed E-state index contributed by atoms with van der Waals surface area (Å²) in [6.07, 6.45) is 4.46. The maximum atomic E-state index is 3.72. The van der Waals surface area contributed by atoms with Crippen LogP contribution in [0.2, 0.25) is 0 Å². The number of nitrogens with zero attached hydrogens (tertiary/aromatic N) is 1. The third-order valence-electron chi connectivity index (χ3n) is 1.09. The molecule has 0 aliphatic rings. The van der Waals surface area contributed by atoms with Crippen molar-refractivity contribution in [3.05, 3.63) is 11.8 Å². The maximum absolute atomic E-state index is 3.72. The highest BCUT2D eigenvalue weighted by atomic mass is 14.9. The quantitative estimate of drug-likeness (QED) is 0.402. The molecule has 0 spiro atoms. The van der Waals surface area contributed by atoms with Crippen molar-refractivity contribution in [2.45, 2.75) is 26.7 Å². The first kappa shape index (κ1) is 8.41. The van der Waals surface area contributed by atoms with Crippen LogP contribution in [0.15, 0.2) is 11.8 Å². The molecule has 0 amide bonds. The molecule has 0 fully saturated rings. The van der Waals surface area contributed by atoms with Crippen molar-refractivity contribution in [3.63, 3.8) is 0 Å². The lowest BCUT2D eigenvalue weighted by atomic mass is 10.2. The Morgan fingerprint density at radius 1 is 1.67 bits per heavy atom. The third kappa shape index (κ3) is 5.28. The van der Waals surface area contributed by atoms with Crippen molar-refractivity contribution < 1.29 is 4.58 Å². The minimum absolute atomic E-state index is 1.18. The molecule has 0 N–H and O–H groups in total. The molecule has 0 atom stereocenters. The van der Waals surface area contributed by atoms with Gasteiger partial charge in [0.2, 0.25) is 0 Å². The molecule has 0 aliphatic carbocycles. The van der Waals surface area contributed by atoms with Gasteiger partial charge in [0.15, 0.2) is 6.20 Å². The van der Waals surface area contributed by atoms with E-state index in [-0.39, 0.29) is 0 Å². The summed E-state index contributed by atoms with van der Waals surface area (Å²) in [7, 11) is 1.94. The van der Waals surface area contributed by atoms with Gasteiger partial charge in [-0.15, -0.1) is 0 Å². The highest BCUT2D eigenvalue weighted by molar-refractivity contribution is 5.15. The molecule has 0 saturated carbocycles. The Labute approximate surface area is 57.7 Å². The molecule has 0 aliphatic heterocycles. The Kier molecular flexibility index (Phi) is 4.02. The Bertz CT molecular complexity index is 123. The van der Waals surface area contributed by atoms with Gasteiger partial charge in [0.25, 0.3) is 0 Å². The molecule has 9 heavy (non-hydrogen) atoms. The molecule has 0 rings (SSSR count). The summed E-state index contributed by atoms with van der Waals surface area (Å²) in [6, 6.07) is 0. The van der Waals surface area contributed by atoms with Crippen LogP contribution in [-0.2, 0) is 0 Å². The predicted octanol–water partition coefficient (Wildman–Crippen LogP) is 2.03. The van der Waals surface area contributed by atoms with Gasteiger partial charge in [-0.3, -0.25) is 0 Å². The van der Waals surface area contributed by atoms with E-state index in [9.17, 15) is 0 Å². The topological polar surface area (TPSA) is 3.01 Å². The summed E-state index contributed by atoms with van der Waals surface area (Å²) in [5, 5.41) is 0. The van der Waals surface area contributed by atoms with Gasteiger partial charge in [0.05, 0.1) is 0 Å². The fourth-order valence-corrected chi connectivity index (χ4v) is 0.835. The molecule has 1 heteroatoms. The molecule has 0 aromatic carbocycles. The molecule has 0 bridgehead atoms. The van der Waals surface area contributed by atoms with E-state index < -0.39 is 0 Å². The fourth-order valence-electron chi connectivity index (χ4n) is 0.835. The second-order valence-electron chi connectivity index (χ2n) is 2.48. The van der Waals surface area contributed by atoms with E-state index in [1.165, 1.54) is 18.4 Å². The van der Waals surface area contributed by atoms with E-state index >= 15 is 0 Å². The predicted molar refractivity (Wildman–Crippen MR) is 42.0 cm³/mol. The summed E-state index contributed by atoms with van der Waals surface area (Å²) in [5.74, 6) is 0.